The van der Waals surface area contributed by atoms with E-state index in [0.717, 1.165) is 29.7 Å². The van der Waals surface area contributed by atoms with Gasteiger partial charge in [-0.05, 0) is 36.0 Å². The fourth-order valence-electron chi connectivity index (χ4n) is 2.82. The topological polar surface area (TPSA) is 62.8 Å². The molecule has 1 aromatic carbocycles. The maximum absolute atomic E-state index is 11.6. The number of hydrogen-bond donors (Lipinski definition) is 1. The van der Waals surface area contributed by atoms with Crippen molar-refractivity contribution in [2.75, 3.05) is 6.26 Å². The lowest BCUT2D eigenvalue weighted by molar-refractivity contribution is 0.304. The summed E-state index contributed by atoms with van der Waals surface area (Å²) in [7, 11) is -3.18. The molecule has 2 rings (SSSR count). The van der Waals surface area contributed by atoms with Crippen LogP contribution in [0, 0.1) is 11.3 Å². The molecule has 0 saturated carbocycles. The van der Waals surface area contributed by atoms with Crippen LogP contribution in [0.5, 0.6) is 0 Å². The number of aromatic nitrogens is 2. The zero-order valence-corrected chi connectivity index (χ0v) is 14.2. The number of sulfone groups is 1. The first-order valence-corrected chi connectivity index (χ1v) is 9.12. The predicted octanol–water partition coefficient (Wildman–Crippen LogP) is 3.58. The maximum Gasteiger partial charge on any atom is 0.175 e. The lowest BCUT2D eigenvalue weighted by Crippen LogP contribution is -2.13. The molecule has 0 aliphatic carbocycles. The zero-order valence-electron chi connectivity index (χ0n) is 13.4. The number of nitrogens with one attached hydrogen (secondary N) is 1. The van der Waals surface area contributed by atoms with Gasteiger partial charge in [-0.3, -0.25) is 0 Å². The van der Waals surface area contributed by atoms with Gasteiger partial charge in [0.2, 0.25) is 0 Å². The normalized spacial score (nSPS) is 14.5. The molecule has 5 heteroatoms. The van der Waals surface area contributed by atoms with Crippen molar-refractivity contribution in [1.82, 2.24) is 9.97 Å². The number of rotatable bonds is 4. The van der Waals surface area contributed by atoms with Crippen LogP contribution in [0.4, 0.5) is 0 Å². The summed E-state index contributed by atoms with van der Waals surface area (Å²) >= 11 is 0. The minimum atomic E-state index is -3.18. The van der Waals surface area contributed by atoms with Crippen LogP contribution in [-0.4, -0.2) is 24.6 Å². The van der Waals surface area contributed by atoms with Crippen LogP contribution >= 0.6 is 0 Å². The fourth-order valence-corrected chi connectivity index (χ4v) is 3.46. The highest BCUT2D eigenvalue weighted by atomic mass is 32.2. The molecule has 0 radical (unpaired) electrons. The Morgan fingerprint density at radius 1 is 1.29 bits per heavy atom. The quantitative estimate of drug-likeness (QED) is 0.939. The molecular weight excluding hydrogens is 284 g/mol. The van der Waals surface area contributed by atoms with Crippen molar-refractivity contribution in [2.24, 2.45) is 11.3 Å². The van der Waals surface area contributed by atoms with Gasteiger partial charge < -0.3 is 4.98 Å². The molecule has 1 unspecified atom stereocenters. The Morgan fingerprint density at radius 2 is 1.95 bits per heavy atom. The summed E-state index contributed by atoms with van der Waals surface area (Å²) in [6.45, 7) is 8.93. The third-order valence-corrected chi connectivity index (χ3v) is 4.54. The van der Waals surface area contributed by atoms with Gasteiger partial charge in [-0.25, -0.2) is 13.4 Å². The Morgan fingerprint density at radius 3 is 2.52 bits per heavy atom. The van der Waals surface area contributed by atoms with Gasteiger partial charge in [0.15, 0.2) is 9.84 Å². The van der Waals surface area contributed by atoms with Crippen LogP contribution < -0.4 is 0 Å². The predicted molar refractivity (Wildman–Crippen MR) is 86.1 cm³/mol. The molecule has 0 amide bonds. The summed E-state index contributed by atoms with van der Waals surface area (Å²) in [6.07, 6.45) is 3.22. The summed E-state index contributed by atoms with van der Waals surface area (Å²) in [4.78, 5) is 8.13. The van der Waals surface area contributed by atoms with Crippen molar-refractivity contribution in [3.8, 4) is 0 Å². The average Bonchev–Trinajstić information content (AvgIpc) is 2.65. The molecule has 4 nitrogen and oxygen atoms in total. The van der Waals surface area contributed by atoms with E-state index in [2.05, 4.69) is 37.7 Å². The number of fused-ring (bicyclic) bond motifs is 1. The Hall–Kier alpha value is -1.36. The summed E-state index contributed by atoms with van der Waals surface area (Å²) in [5.74, 6) is 1.45. The third kappa shape index (κ3) is 4.30. The second-order valence-electron chi connectivity index (χ2n) is 7.21. The Kier molecular flexibility index (Phi) is 4.15. The molecule has 2 aromatic rings. The van der Waals surface area contributed by atoms with Gasteiger partial charge in [0.1, 0.15) is 5.82 Å². The summed E-state index contributed by atoms with van der Waals surface area (Å²) in [5.41, 5.74) is 1.91. The van der Waals surface area contributed by atoms with E-state index in [1.807, 2.05) is 0 Å². The number of imidazole rings is 1. The Bertz CT molecular complexity index is 739. The number of H-pyrrole nitrogens is 1. The second kappa shape index (κ2) is 5.44. The maximum atomic E-state index is 11.6. The van der Waals surface area contributed by atoms with E-state index >= 15 is 0 Å². The van der Waals surface area contributed by atoms with Crippen molar-refractivity contribution < 1.29 is 8.42 Å². The summed E-state index contributed by atoms with van der Waals surface area (Å²) < 4.78 is 23.2. The van der Waals surface area contributed by atoms with Crippen LogP contribution in [0.15, 0.2) is 23.1 Å². The monoisotopic (exact) mass is 308 g/mol. The van der Waals surface area contributed by atoms with Crippen LogP contribution in [0.2, 0.25) is 0 Å². The first-order valence-electron chi connectivity index (χ1n) is 7.23. The molecule has 1 heterocycles. The van der Waals surface area contributed by atoms with E-state index in [0.29, 0.717) is 16.2 Å². The van der Waals surface area contributed by atoms with Crippen LogP contribution in [0.1, 0.15) is 39.9 Å². The molecule has 21 heavy (non-hydrogen) atoms. The highest BCUT2D eigenvalue weighted by molar-refractivity contribution is 7.90. The third-order valence-electron chi connectivity index (χ3n) is 3.43. The van der Waals surface area contributed by atoms with Gasteiger partial charge in [-0.1, -0.05) is 27.7 Å². The fraction of sp³-hybridized carbons (Fsp3) is 0.562. The van der Waals surface area contributed by atoms with Gasteiger partial charge >= 0.3 is 0 Å². The molecule has 0 aliphatic heterocycles. The molecule has 1 aromatic heterocycles. The van der Waals surface area contributed by atoms with Gasteiger partial charge in [0.25, 0.3) is 0 Å². The van der Waals surface area contributed by atoms with Crippen molar-refractivity contribution in [2.45, 2.75) is 45.4 Å². The van der Waals surface area contributed by atoms with E-state index in [4.69, 9.17) is 0 Å². The first-order chi connectivity index (χ1) is 9.54. The SMILES string of the molecule is CC(Cc1nc2ccc(S(C)(=O)=O)cc2[nH]1)CC(C)(C)C. The van der Waals surface area contributed by atoms with Crippen molar-refractivity contribution in [1.29, 1.82) is 0 Å². The largest absolute Gasteiger partial charge is 0.342 e. The average molecular weight is 308 g/mol. The standard InChI is InChI=1S/C16H24N2O2S/c1-11(10-16(2,3)4)8-15-17-13-7-6-12(21(5,19)20)9-14(13)18-15/h6-7,9,11H,8,10H2,1-5H3,(H,17,18). The zero-order chi connectivity index (χ0) is 15.8. The summed E-state index contributed by atoms with van der Waals surface area (Å²) in [6, 6.07) is 5.04. The molecule has 0 saturated heterocycles. The Labute approximate surface area is 126 Å². The number of nitrogens with zero attached hydrogens (tertiary/aromatic N) is 1. The minimum absolute atomic E-state index is 0.300. The van der Waals surface area contributed by atoms with E-state index in [1.54, 1.807) is 18.2 Å². The molecule has 0 aliphatic rings. The second-order valence-corrected chi connectivity index (χ2v) is 9.22. The molecule has 0 spiro atoms. The van der Waals surface area contributed by atoms with E-state index in [-0.39, 0.29) is 0 Å². The van der Waals surface area contributed by atoms with E-state index < -0.39 is 9.84 Å². The van der Waals surface area contributed by atoms with Crippen molar-refractivity contribution >= 4 is 20.9 Å². The molecule has 1 atom stereocenters. The Balaban J connectivity index is 2.23. The molecule has 0 fully saturated rings. The minimum Gasteiger partial charge on any atom is -0.342 e. The first kappa shape index (κ1) is 16.0. The van der Waals surface area contributed by atoms with Crippen LogP contribution in [-0.2, 0) is 16.3 Å². The van der Waals surface area contributed by atoms with Gasteiger partial charge in [0.05, 0.1) is 15.9 Å². The van der Waals surface area contributed by atoms with Gasteiger partial charge in [-0.15, -0.1) is 0 Å². The summed E-state index contributed by atoms with van der Waals surface area (Å²) in [5, 5.41) is 0. The van der Waals surface area contributed by atoms with Gasteiger partial charge in [0, 0.05) is 12.7 Å². The molecule has 116 valence electrons. The highest BCUT2D eigenvalue weighted by Crippen LogP contribution is 2.26. The highest BCUT2D eigenvalue weighted by Gasteiger charge is 2.17. The van der Waals surface area contributed by atoms with Gasteiger partial charge in [-0.2, -0.15) is 0 Å². The number of hydrogen-bond acceptors (Lipinski definition) is 3. The number of aromatic amines is 1. The lowest BCUT2D eigenvalue weighted by atomic mass is 9.84. The van der Waals surface area contributed by atoms with Crippen molar-refractivity contribution in [3.05, 3.63) is 24.0 Å². The van der Waals surface area contributed by atoms with Crippen molar-refractivity contribution in [3.63, 3.8) is 0 Å². The lowest BCUT2D eigenvalue weighted by Gasteiger charge is -2.22. The smallest absolute Gasteiger partial charge is 0.175 e. The molecule has 0 bridgehead atoms. The van der Waals surface area contributed by atoms with Crippen LogP contribution in [0.25, 0.3) is 11.0 Å². The van der Waals surface area contributed by atoms with E-state index in [1.165, 1.54) is 6.26 Å². The van der Waals surface area contributed by atoms with E-state index in [9.17, 15) is 8.42 Å². The molecule has 1 N–H and O–H groups in total. The number of benzene rings is 1. The van der Waals surface area contributed by atoms with Crippen LogP contribution in [0.3, 0.4) is 0 Å². The molecular formula is C16H24N2O2S.